The molecule has 1 aliphatic carbocycles. The summed E-state index contributed by atoms with van der Waals surface area (Å²) in [5, 5.41) is 24.6. The SMILES string of the molecule is N[C@@H](Cc1ccccc1)[C@@H](O)C[C@@H](CC=Cc1ccccc1)C(=O)N[C@H]1c2ccccc2C[C@H]1O. The second-order valence-corrected chi connectivity index (χ2v) is 9.36. The normalized spacial score (nSPS) is 19.7. The van der Waals surface area contributed by atoms with Crippen molar-refractivity contribution in [3.8, 4) is 0 Å². The fourth-order valence-electron chi connectivity index (χ4n) is 4.75. The van der Waals surface area contributed by atoms with E-state index in [9.17, 15) is 15.0 Å². The van der Waals surface area contributed by atoms with Crippen molar-refractivity contribution in [2.75, 3.05) is 0 Å². The number of hydrogen-bond donors (Lipinski definition) is 4. The van der Waals surface area contributed by atoms with Crippen molar-refractivity contribution in [1.29, 1.82) is 0 Å². The Morgan fingerprint density at radius 1 is 1.00 bits per heavy atom. The molecular formula is C30H34N2O3. The number of carbonyl (C=O) groups is 1. The summed E-state index contributed by atoms with van der Waals surface area (Å²) in [6.45, 7) is 0. The summed E-state index contributed by atoms with van der Waals surface area (Å²) in [4.78, 5) is 13.4. The zero-order valence-electron chi connectivity index (χ0n) is 19.8. The molecule has 0 aliphatic heterocycles. The molecule has 3 aromatic carbocycles. The molecule has 0 aromatic heterocycles. The van der Waals surface area contributed by atoms with Crippen LogP contribution in [0.5, 0.6) is 0 Å². The quantitative estimate of drug-likeness (QED) is 0.362. The van der Waals surface area contributed by atoms with Crippen LogP contribution in [0.25, 0.3) is 6.08 Å². The van der Waals surface area contributed by atoms with Crippen LogP contribution in [0.4, 0.5) is 0 Å². The van der Waals surface area contributed by atoms with Gasteiger partial charge in [-0.05, 0) is 41.5 Å². The number of hydrogen-bond acceptors (Lipinski definition) is 4. The van der Waals surface area contributed by atoms with Crippen LogP contribution in [0.2, 0.25) is 0 Å². The van der Waals surface area contributed by atoms with Crippen molar-refractivity contribution in [2.24, 2.45) is 11.7 Å². The van der Waals surface area contributed by atoms with E-state index in [1.165, 1.54) is 0 Å². The fraction of sp³-hybridized carbons (Fsp3) is 0.300. The summed E-state index contributed by atoms with van der Waals surface area (Å²) in [5.74, 6) is -0.666. The topological polar surface area (TPSA) is 95.6 Å². The first kappa shape index (κ1) is 24.9. The standard InChI is InChI=1S/C30H34N2O3/c31-26(18-22-12-5-2-6-13-22)27(33)20-24(16-9-14-21-10-3-1-4-11-21)30(35)32-29-25-17-8-7-15-23(25)19-28(29)34/h1-15,17,24,26-29,33-34H,16,18-20,31H2,(H,32,35)/t24-,26+,27+,28-,29+/m1/s1. The number of aliphatic hydroxyl groups excluding tert-OH is 2. The molecule has 3 aromatic rings. The van der Waals surface area contributed by atoms with Gasteiger partial charge in [0.1, 0.15) is 0 Å². The van der Waals surface area contributed by atoms with Gasteiger partial charge in [0.15, 0.2) is 0 Å². The first-order valence-corrected chi connectivity index (χ1v) is 12.3. The first-order chi connectivity index (χ1) is 17.0. The number of allylic oxidation sites excluding steroid dienone is 1. The second-order valence-electron chi connectivity index (χ2n) is 9.36. The minimum atomic E-state index is -0.836. The Bertz CT molecular complexity index is 1120. The molecule has 5 atom stereocenters. The number of nitrogens with two attached hydrogens (primary N) is 1. The minimum absolute atomic E-state index is 0.186. The van der Waals surface area contributed by atoms with E-state index in [0.717, 1.165) is 22.3 Å². The van der Waals surface area contributed by atoms with Gasteiger partial charge in [0, 0.05) is 18.4 Å². The average molecular weight is 471 g/mol. The lowest BCUT2D eigenvalue weighted by molar-refractivity contribution is -0.127. The Labute approximate surface area is 207 Å². The highest BCUT2D eigenvalue weighted by Gasteiger charge is 2.34. The monoisotopic (exact) mass is 470 g/mol. The first-order valence-electron chi connectivity index (χ1n) is 12.3. The maximum atomic E-state index is 13.4. The van der Waals surface area contributed by atoms with Crippen molar-refractivity contribution in [3.05, 3.63) is 113 Å². The lowest BCUT2D eigenvalue weighted by atomic mass is 9.90. The van der Waals surface area contributed by atoms with E-state index in [1.807, 2.05) is 97.1 Å². The largest absolute Gasteiger partial charge is 0.391 e. The molecule has 1 amide bonds. The van der Waals surface area contributed by atoms with Crippen molar-refractivity contribution in [3.63, 3.8) is 0 Å². The highest BCUT2D eigenvalue weighted by Crippen LogP contribution is 2.32. The molecule has 1 aliphatic rings. The highest BCUT2D eigenvalue weighted by molar-refractivity contribution is 5.80. The summed E-state index contributed by atoms with van der Waals surface area (Å²) < 4.78 is 0. The van der Waals surface area contributed by atoms with E-state index in [1.54, 1.807) is 0 Å². The average Bonchev–Trinajstić information content (AvgIpc) is 3.19. The van der Waals surface area contributed by atoms with Gasteiger partial charge < -0.3 is 21.3 Å². The van der Waals surface area contributed by atoms with Gasteiger partial charge in [0.2, 0.25) is 5.91 Å². The van der Waals surface area contributed by atoms with Gasteiger partial charge in [0.25, 0.3) is 0 Å². The Kier molecular flexibility index (Phi) is 8.48. The zero-order valence-corrected chi connectivity index (χ0v) is 19.8. The van der Waals surface area contributed by atoms with E-state index in [0.29, 0.717) is 19.3 Å². The van der Waals surface area contributed by atoms with Crippen molar-refractivity contribution in [2.45, 2.75) is 50.0 Å². The maximum Gasteiger partial charge on any atom is 0.224 e. The Hall–Kier alpha value is -3.25. The number of carbonyl (C=O) groups excluding carboxylic acids is 1. The van der Waals surface area contributed by atoms with Crippen LogP contribution in [0.3, 0.4) is 0 Å². The lowest BCUT2D eigenvalue weighted by Gasteiger charge is -2.26. The van der Waals surface area contributed by atoms with Gasteiger partial charge in [-0.3, -0.25) is 4.79 Å². The number of nitrogens with one attached hydrogen (secondary N) is 1. The molecule has 5 heteroatoms. The fourth-order valence-corrected chi connectivity index (χ4v) is 4.75. The maximum absolute atomic E-state index is 13.4. The Morgan fingerprint density at radius 3 is 2.40 bits per heavy atom. The molecule has 5 N–H and O–H groups in total. The molecule has 0 spiro atoms. The van der Waals surface area contributed by atoms with E-state index >= 15 is 0 Å². The van der Waals surface area contributed by atoms with Crippen LogP contribution in [0.1, 0.15) is 41.1 Å². The summed E-state index contributed by atoms with van der Waals surface area (Å²) in [5.41, 5.74) is 10.4. The Morgan fingerprint density at radius 2 is 1.66 bits per heavy atom. The van der Waals surface area contributed by atoms with E-state index in [2.05, 4.69) is 5.32 Å². The molecule has 4 rings (SSSR count). The van der Waals surface area contributed by atoms with Gasteiger partial charge in [-0.1, -0.05) is 97.1 Å². The summed E-state index contributed by atoms with van der Waals surface area (Å²) in [7, 11) is 0. The van der Waals surface area contributed by atoms with Crippen molar-refractivity contribution >= 4 is 12.0 Å². The predicted octanol–water partition coefficient (Wildman–Crippen LogP) is 3.80. The van der Waals surface area contributed by atoms with Gasteiger partial charge in [0.05, 0.1) is 18.2 Å². The third-order valence-corrected chi connectivity index (χ3v) is 6.74. The number of rotatable bonds is 10. The highest BCUT2D eigenvalue weighted by atomic mass is 16.3. The predicted molar refractivity (Wildman–Crippen MR) is 139 cm³/mol. The molecule has 0 saturated carbocycles. The van der Waals surface area contributed by atoms with E-state index in [-0.39, 0.29) is 12.3 Å². The molecule has 0 heterocycles. The van der Waals surface area contributed by atoms with Crippen LogP contribution in [-0.2, 0) is 17.6 Å². The molecular weight excluding hydrogens is 436 g/mol. The summed E-state index contributed by atoms with van der Waals surface area (Å²) >= 11 is 0. The van der Waals surface area contributed by atoms with Crippen LogP contribution in [0, 0.1) is 5.92 Å². The number of fused-ring (bicyclic) bond motifs is 1. The molecule has 0 bridgehead atoms. The smallest absolute Gasteiger partial charge is 0.224 e. The van der Waals surface area contributed by atoms with Crippen LogP contribution in [-0.4, -0.2) is 34.4 Å². The molecule has 0 fully saturated rings. The molecule has 0 unspecified atom stereocenters. The van der Waals surface area contributed by atoms with Crippen molar-refractivity contribution < 1.29 is 15.0 Å². The Balaban J connectivity index is 1.46. The number of aliphatic hydroxyl groups is 2. The molecule has 35 heavy (non-hydrogen) atoms. The molecule has 182 valence electrons. The lowest BCUT2D eigenvalue weighted by Crippen LogP contribution is -2.42. The van der Waals surface area contributed by atoms with Gasteiger partial charge in [-0.15, -0.1) is 0 Å². The number of benzene rings is 3. The third kappa shape index (κ3) is 6.67. The second kappa shape index (κ2) is 11.9. The van der Waals surface area contributed by atoms with Gasteiger partial charge >= 0.3 is 0 Å². The number of amides is 1. The van der Waals surface area contributed by atoms with Gasteiger partial charge in [-0.2, -0.15) is 0 Å². The third-order valence-electron chi connectivity index (χ3n) is 6.74. The van der Waals surface area contributed by atoms with E-state index < -0.39 is 30.2 Å². The minimum Gasteiger partial charge on any atom is -0.391 e. The van der Waals surface area contributed by atoms with Crippen molar-refractivity contribution in [1.82, 2.24) is 5.32 Å². The van der Waals surface area contributed by atoms with E-state index in [4.69, 9.17) is 5.73 Å². The van der Waals surface area contributed by atoms with Crippen LogP contribution < -0.4 is 11.1 Å². The zero-order chi connectivity index (χ0) is 24.6. The van der Waals surface area contributed by atoms with Crippen LogP contribution >= 0.6 is 0 Å². The summed E-state index contributed by atoms with van der Waals surface area (Å²) in [6, 6.07) is 26.6. The molecule has 0 saturated heterocycles. The molecule has 0 radical (unpaired) electrons. The summed E-state index contributed by atoms with van der Waals surface area (Å²) in [6.07, 6.45) is 4.20. The molecule has 5 nitrogen and oxygen atoms in total. The van der Waals surface area contributed by atoms with Gasteiger partial charge in [-0.25, -0.2) is 0 Å². The van der Waals surface area contributed by atoms with Crippen LogP contribution in [0.15, 0.2) is 91.0 Å².